The molecule has 0 spiro atoms. The van der Waals surface area contributed by atoms with E-state index in [1.165, 1.54) is 12.1 Å². The van der Waals surface area contributed by atoms with Crippen LogP contribution in [0.3, 0.4) is 0 Å². The zero-order valence-electron chi connectivity index (χ0n) is 15.7. The summed E-state index contributed by atoms with van der Waals surface area (Å²) in [6.07, 6.45) is 0. The molecule has 10 heteroatoms. The van der Waals surface area contributed by atoms with Gasteiger partial charge >= 0.3 is 0 Å². The molecule has 30 heavy (non-hydrogen) atoms. The molecule has 2 aromatic rings. The Morgan fingerprint density at radius 3 is 2.20 bits per heavy atom. The molecule has 4 rings (SSSR count). The van der Waals surface area contributed by atoms with Gasteiger partial charge in [-0.25, -0.2) is 8.42 Å². The molecule has 1 atom stereocenters. The summed E-state index contributed by atoms with van der Waals surface area (Å²) in [6, 6.07) is 11.8. The number of halogens is 1. The molecular formula is C20H18ClN3O5S. The fourth-order valence-corrected chi connectivity index (χ4v) is 5.49. The van der Waals surface area contributed by atoms with Crippen LogP contribution in [-0.2, 0) is 14.8 Å². The molecular weight excluding hydrogens is 430 g/mol. The van der Waals surface area contributed by atoms with Crippen LogP contribution in [0.2, 0.25) is 5.02 Å². The van der Waals surface area contributed by atoms with Crippen molar-refractivity contribution in [3.05, 3.63) is 70.2 Å². The highest BCUT2D eigenvalue weighted by Gasteiger charge is 2.41. The van der Waals surface area contributed by atoms with Crippen molar-refractivity contribution in [2.75, 3.05) is 25.4 Å². The van der Waals surface area contributed by atoms with Gasteiger partial charge < -0.3 is 5.32 Å². The molecule has 156 valence electrons. The summed E-state index contributed by atoms with van der Waals surface area (Å²) in [4.78, 5) is 38.4. The fraction of sp³-hybridized carbons (Fsp3) is 0.250. The largest absolute Gasteiger partial charge is 0.353 e. The molecule has 0 bridgehead atoms. The fourth-order valence-electron chi connectivity index (χ4n) is 3.70. The van der Waals surface area contributed by atoms with E-state index < -0.39 is 39.5 Å². The summed E-state index contributed by atoms with van der Waals surface area (Å²) in [7, 11) is -3.98. The minimum absolute atomic E-state index is 0.0616. The van der Waals surface area contributed by atoms with Crippen LogP contribution in [0, 0.1) is 0 Å². The molecule has 1 saturated heterocycles. The van der Waals surface area contributed by atoms with Gasteiger partial charge in [-0.3, -0.25) is 19.3 Å². The molecule has 2 aliphatic heterocycles. The van der Waals surface area contributed by atoms with Gasteiger partial charge in [-0.2, -0.15) is 4.31 Å². The van der Waals surface area contributed by atoms with Crippen LogP contribution in [0.4, 0.5) is 0 Å². The Balaban J connectivity index is 1.57. The van der Waals surface area contributed by atoms with Gasteiger partial charge in [-0.05, 0) is 23.8 Å². The molecule has 0 aliphatic carbocycles. The predicted octanol–water partition coefficient (Wildman–Crippen LogP) is 1.44. The number of nitrogens with one attached hydrogen (secondary N) is 1. The van der Waals surface area contributed by atoms with Crippen molar-refractivity contribution in [2.24, 2.45) is 0 Å². The molecule has 0 saturated carbocycles. The number of hydrogen-bond donors (Lipinski definition) is 1. The highest BCUT2D eigenvalue weighted by molar-refractivity contribution is 7.89. The van der Waals surface area contributed by atoms with Gasteiger partial charge in [0.05, 0.1) is 16.9 Å². The third kappa shape index (κ3) is 3.49. The van der Waals surface area contributed by atoms with Crippen LogP contribution in [-0.4, -0.2) is 60.7 Å². The number of sulfonamides is 1. The highest BCUT2D eigenvalue weighted by Crippen LogP contribution is 2.31. The van der Waals surface area contributed by atoms with Crippen molar-refractivity contribution in [2.45, 2.75) is 6.04 Å². The Labute approximate surface area is 178 Å². The van der Waals surface area contributed by atoms with E-state index in [9.17, 15) is 22.8 Å². The van der Waals surface area contributed by atoms with E-state index in [0.29, 0.717) is 5.56 Å². The van der Waals surface area contributed by atoms with Gasteiger partial charge in [0.2, 0.25) is 15.9 Å². The quantitative estimate of drug-likeness (QED) is 0.698. The SMILES string of the molecule is O=C1NCCN(S(=O)(=O)CCN2C(=O)c3ccccc3C2=O)C1c1ccccc1Cl. The van der Waals surface area contributed by atoms with Gasteiger partial charge in [0.25, 0.3) is 11.8 Å². The molecule has 3 amide bonds. The van der Waals surface area contributed by atoms with E-state index in [1.54, 1.807) is 36.4 Å². The third-order valence-corrected chi connectivity index (χ3v) is 7.33. The van der Waals surface area contributed by atoms with Gasteiger partial charge in [0, 0.05) is 24.7 Å². The van der Waals surface area contributed by atoms with Crippen molar-refractivity contribution in [3.8, 4) is 0 Å². The zero-order valence-corrected chi connectivity index (χ0v) is 17.3. The second-order valence-electron chi connectivity index (χ2n) is 6.95. The Hall–Kier alpha value is -2.75. The Morgan fingerprint density at radius 2 is 1.57 bits per heavy atom. The molecule has 1 fully saturated rings. The number of fused-ring (bicyclic) bond motifs is 1. The standard InChI is InChI=1S/C20H18ClN3O5S/c21-16-8-4-3-7-15(16)17-18(25)22-9-10-24(17)30(28,29)12-11-23-19(26)13-5-1-2-6-14(13)20(23)27/h1-8,17H,9-12H2,(H,22,25). The highest BCUT2D eigenvalue weighted by atomic mass is 35.5. The number of carbonyl (C=O) groups is 3. The topological polar surface area (TPSA) is 104 Å². The van der Waals surface area contributed by atoms with Crippen molar-refractivity contribution >= 4 is 39.3 Å². The second-order valence-corrected chi connectivity index (χ2v) is 9.40. The van der Waals surface area contributed by atoms with Gasteiger partial charge in [0.15, 0.2) is 0 Å². The van der Waals surface area contributed by atoms with Crippen LogP contribution in [0.25, 0.3) is 0 Å². The molecule has 2 aromatic carbocycles. The first-order valence-corrected chi connectivity index (χ1v) is 11.3. The average molecular weight is 448 g/mol. The number of rotatable bonds is 5. The van der Waals surface area contributed by atoms with Crippen LogP contribution in [0.15, 0.2) is 48.5 Å². The summed E-state index contributed by atoms with van der Waals surface area (Å²) in [5.74, 6) is -2.01. The molecule has 0 aromatic heterocycles. The minimum atomic E-state index is -3.98. The first-order valence-electron chi connectivity index (χ1n) is 9.28. The lowest BCUT2D eigenvalue weighted by molar-refractivity contribution is -0.126. The Kier molecular flexibility index (Phi) is 5.35. The Morgan fingerprint density at radius 1 is 0.967 bits per heavy atom. The maximum atomic E-state index is 13.1. The summed E-state index contributed by atoms with van der Waals surface area (Å²) < 4.78 is 27.3. The monoisotopic (exact) mass is 447 g/mol. The molecule has 2 heterocycles. The third-order valence-electron chi connectivity index (χ3n) is 5.18. The van der Waals surface area contributed by atoms with Crippen molar-refractivity contribution in [1.29, 1.82) is 0 Å². The Bertz CT molecular complexity index is 1120. The zero-order chi connectivity index (χ0) is 21.5. The molecule has 0 radical (unpaired) electrons. The maximum absolute atomic E-state index is 13.1. The summed E-state index contributed by atoms with van der Waals surface area (Å²) in [6.45, 7) is -0.0832. The van der Waals surface area contributed by atoms with Crippen LogP contribution < -0.4 is 5.32 Å². The minimum Gasteiger partial charge on any atom is -0.353 e. The maximum Gasteiger partial charge on any atom is 0.261 e. The molecule has 8 nitrogen and oxygen atoms in total. The smallest absolute Gasteiger partial charge is 0.261 e. The van der Waals surface area contributed by atoms with Crippen molar-refractivity contribution < 1.29 is 22.8 Å². The first-order chi connectivity index (χ1) is 14.3. The summed E-state index contributed by atoms with van der Waals surface area (Å²) in [5.41, 5.74) is 0.887. The van der Waals surface area contributed by atoms with Gasteiger partial charge in [-0.1, -0.05) is 41.9 Å². The summed E-state index contributed by atoms with van der Waals surface area (Å²) >= 11 is 6.21. The normalized spacial score (nSPS) is 19.7. The lowest BCUT2D eigenvalue weighted by atomic mass is 10.0. The van der Waals surface area contributed by atoms with E-state index >= 15 is 0 Å². The van der Waals surface area contributed by atoms with E-state index in [2.05, 4.69) is 5.32 Å². The van der Waals surface area contributed by atoms with Crippen LogP contribution in [0.5, 0.6) is 0 Å². The van der Waals surface area contributed by atoms with E-state index in [0.717, 1.165) is 9.21 Å². The molecule has 1 unspecified atom stereocenters. The number of benzene rings is 2. The van der Waals surface area contributed by atoms with E-state index in [1.807, 2.05) is 0 Å². The van der Waals surface area contributed by atoms with E-state index in [-0.39, 0.29) is 35.8 Å². The predicted molar refractivity (Wildman–Crippen MR) is 110 cm³/mol. The van der Waals surface area contributed by atoms with E-state index in [4.69, 9.17) is 11.6 Å². The number of carbonyl (C=O) groups excluding carboxylic acids is 3. The van der Waals surface area contributed by atoms with Gasteiger partial charge in [0.1, 0.15) is 6.04 Å². The van der Waals surface area contributed by atoms with Crippen molar-refractivity contribution in [3.63, 3.8) is 0 Å². The number of imide groups is 1. The number of amides is 3. The number of piperazine rings is 1. The average Bonchev–Trinajstić information content (AvgIpc) is 2.97. The van der Waals surface area contributed by atoms with Gasteiger partial charge in [-0.15, -0.1) is 0 Å². The summed E-state index contributed by atoms with van der Waals surface area (Å²) in [5, 5.41) is 2.94. The van der Waals surface area contributed by atoms with Crippen LogP contribution in [0.1, 0.15) is 32.3 Å². The van der Waals surface area contributed by atoms with Crippen LogP contribution >= 0.6 is 11.6 Å². The lowest BCUT2D eigenvalue weighted by Crippen LogP contribution is -2.53. The first kappa shape index (κ1) is 20.5. The lowest BCUT2D eigenvalue weighted by Gasteiger charge is -2.34. The molecule has 2 aliphatic rings. The second kappa shape index (κ2) is 7.82. The number of hydrogen-bond acceptors (Lipinski definition) is 5. The number of nitrogens with zero attached hydrogens (tertiary/aromatic N) is 2. The molecule has 1 N–H and O–H groups in total. The van der Waals surface area contributed by atoms with Crippen molar-refractivity contribution in [1.82, 2.24) is 14.5 Å².